The molecule has 11 heavy (non-hydrogen) atoms. The lowest BCUT2D eigenvalue weighted by molar-refractivity contribution is -0.113. The lowest BCUT2D eigenvalue weighted by Gasteiger charge is -2.24. The smallest absolute Gasteiger partial charge is 0.126 e. The summed E-state index contributed by atoms with van der Waals surface area (Å²) in [6.45, 7) is 0. The van der Waals surface area contributed by atoms with E-state index in [1.807, 2.05) is 0 Å². The van der Waals surface area contributed by atoms with Gasteiger partial charge in [0.25, 0.3) is 0 Å². The van der Waals surface area contributed by atoms with Crippen molar-refractivity contribution in [2.24, 2.45) is 11.3 Å². The van der Waals surface area contributed by atoms with Crippen molar-refractivity contribution in [1.29, 1.82) is 0 Å². The summed E-state index contributed by atoms with van der Waals surface area (Å²) in [7, 11) is 0. The number of hydrogen-bond acceptors (Lipinski definition) is 2. The highest BCUT2D eigenvalue weighted by Gasteiger charge is 2.62. The van der Waals surface area contributed by atoms with Gasteiger partial charge in [0.05, 0.1) is 0 Å². The molecule has 2 heteroatoms. The third kappa shape index (κ3) is 0.639. The zero-order valence-corrected chi connectivity index (χ0v) is 6.55. The first kappa shape index (κ1) is 6.18. The minimum absolute atomic E-state index is 0.150. The maximum Gasteiger partial charge on any atom is 0.126 e. The average molecular weight is 151 g/mol. The Bertz CT molecular complexity index is 216. The topological polar surface area (TPSA) is 29.1 Å². The molecule has 1 N–H and O–H groups in total. The van der Waals surface area contributed by atoms with Gasteiger partial charge in [0.15, 0.2) is 0 Å². The van der Waals surface area contributed by atoms with E-state index in [-0.39, 0.29) is 5.41 Å². The summed E-state index contributed by atoms with van der Waals surface area (Å²) in [4.78, 5) is 10.8. The Labute approximate surface area is 66.4 Å². The Kier molecular flexibility index (Phi) is 0.947. The van der Waals surface area contributed by atoms with E-state index in [2.05, 4.69) is 5.32 Å². The Morgan fingerprint density at radius 2 is 2.27 bits per heavy atom. The van der Waals surface area contributed by atoms with Crippen molar-refractivity contribution in [3.63, 3.8) is 0 Å². The van der Waals surface area contributed by atoms with Crippen molar-refractivity contribution in [3.8, 4) is 0 Å². The maximum atomic E-state index is 10.8. The number of nitrogens with one attached hydrogen (secondary N) is 1. The van der Waals surface area contributed by atoms with E-state index in [0.717, 1.165) is 6.42 Å². The van der Waals surface area contributed by atoms with E-state index in [1.54, 1.807) is 0 Å². The van der Waals surface area contributed by atoms with Gasteiger partial charge in [-0.3, -0.25) is 0 Å². The summed E-state index contributed by atoms with van der Waals surface area (Å²) >= 11 is 0. The van der Waals surface area contributed by atoms with E-state index in [4.69, 9.17) is 0 Å². The van der Waals surface area contributed by atoms with Crippen LogP contribution < -0.4 is 5.32 Å². The summed E-state index contributed by atoms with van der Waals surface area (Å²) in [6, 6.07) is 1.36. The lowest BCUT2D eigenvalue weighted by Crippen LogP contribution is -2.39. The van der Waals surface area contributed by atoms with Crippen molar-refractivity contribution >= 4 is 6.29 Å². The maximum absolute atomic E-state index is 10.8. The first-order chi connectivity index (χ1) is 5.34. The Hall–Kier alpha value is -0.370. The van der Waals surface area contributed by atoms with Crippen LogP contribution in [0.1, 0.15) is 25.7 Å². The van der Waals surface area contributed by atoms with Gasteiger partial charge in [-0.05, 0) is 31.6 Å². The number of piperidine rings is 1. The third-order valence-electron chi connectivity index (χ3n) is 3.80. The number of hydrogen-bond donors (Lipinski definition) is 1. The average Bonchev–Trinajstić information content (AvgIpc) is 2.62. The quantitative estimate of drug-likeness (QED) is 0.559. The molecular formula is C9H13NO. The third-order valence-corrected chi connectivity index (χ3v) is 3.80. The van der Waals surface area contributed by atoms with Gasteiger partial charge in [0, 0.05) is 17.5 Å². The van der Waals surface area contributed by atoms with Crippen LogP contribution in [0.25, 0.3) is 0 Å². The minimum Gasteiger partial charge on any atom is -0.311 e. The fourth-order valence-electron chi connectivity index (χ4n) is 3.10. The molecule has 1 aliphatic carbocycles. The van der Waals surface area contributed by atoms with Crippen LogP contribution in [0, 0.1) is 11.3 Å². The molecule has 0 aromatic heterocycles. The van der Waals surface area contributed by atoms with Crippen LogP contribution in [-0.4, -0.2) is 18.4 Å². The molecular weight excluding hydrogens is 138 g/mol. The summed E-state index contributed by atoms with van der Waals surface area (Å²) in [5, 5.41) is 3.58. The van der Waals surface area contributed by atoms with Crippen LogP contribution in [0.4, 0.5) is 0 Å². The largest absolute Gasteiger partial charge is 0.311 e. The van der Waals surface area contributed by atoms with E-state index >= 15 is 0 Å². The highest BCUT2D eigenvalue weighted by molar-refractivity contribution is 5.66. The van der Waals surface area contributed by atoms with Crippen LogP contribution in [0.3, 0.4) is 0 Å². The highest BCUT2D eigenvalue weighted by atomic mass is 16.1. The van der Waals surface area contributed by atoms with Crippen LogP contribution in [0.15, 0.2) is 0 Å². The molecule has 0 spiro atoms. The Morgan fingerprint density at radius 1 is 1.36 bits per heavy atom. The van der Waals surface area contributed by atoms with Crippen LogP contribution in [0.2, 0.25) is 0 Å². The predicted molar refractivity (Wildman–Crippen MR) is 41.2 cm³/mol. The number of aldehydes is 1. The molecule has 3 aliphatic rings. The molecule has 3 rings (SSSR count). The van der Waals surface area contributed by atoms with E-state index in [9.17, 15) is 4.79 Å². The van der Waals surface area contributed by atoms with Crippen molar-refractivity contribution in [2.75, 3.05) is 0 Å². The molecule has 0 aromatic rings. The molecule has 2 aliphatic heterocycles. The van der Waals surface area contributed by atoms with Gasteiger partial charge in [-0.25, -0.2) is 0 Å². The summed E-state index contributed by atoms with van der Waals surface area (Å²) < 4.78 is 0. The monoisotopic (exact) mass is 151 g/mol. The van der Waals surface area contributed by atoms with E-state index in [0.29, 0.717) is 18.0 Å². The molecule has 0 unspecified atom stereocenters. The molecule has 2 nitrogen and oxygen atoms in total. The minimum atomic E-state index is 0.150. The summed E-state index contributed by atoms with van der Waals surface area (Å²) in [5.41, 5.74) is 0.150. The first-order valence-corrected chi connectivity index (χ1v) is 4.56. The van der Waals surface area contributed by atoms with Crippen molar-refractivity contribution in [3.05, 3.63) is 0 Å². The van der Waals surface area contributed by atoms with Crippen LogP contribution in [-0.2, 0) is 4.79 Å². The van der Waals surface area contributed by atoms with Gasteiger partial charge < -0.3 is 10.1 Å². The first-order valence-electron chi connectivity index (χ1n) is 4.56. The molecule has 0 radical (unpaired) electrons. The summed E-state index contributed by atoms with van der Waals surface area (Å²) in [5.74, 6) is 0.707. The molecule has 1 saturated carbocycles. The normalized spacial score (nSPS) is 58.7. The van der Waals surface area contributed by atoms with Crippen molar-refractivity contribution < 1.29 is 4.79 Å². The molecule has 0 amide bonds. The van der Waals surface area contributed by atoms with Gasteiger partial charge in [-0.2, -0.15) is 0 Å². The number of rotatable bonds is 1. The fourth-order valence-corrected chi connectivity index (χ4v) is 3.10. The second-order valence-corrected chi connectivity index (χ2v) is 4.41. The predicted octanol–water partition coefficient (Wildman–Crippen LogP) is 0.716. The van der Waals surface area contributed by atoms with E-state index < -0.39 is 0 Å². The van der Waals surface area contributed by atoms with Gasteiger partial charge in [-0.15, -0.1) is 0 Å². The summed E-state index contributed by atoms with van der Waals surface area (Å²) in [6.07, 6.45) is 6.13. The molecule has 2 bridgehead atoms. The highest BCUT2D eigenvalue weighted by Crippen LogP contribution is 2.61. The number of carbonyl (C=O) groups is 1. The molecule has 0 aromatic carbocycles. The van der Waals surface area contributed by atoms with Gasteiger partial charge in [0.1, 0.15) is 6.29 Å². The molecule has 2 saturated heterocycles. The number of carbonyl (C=O) groups excluding carboxylic acids is 1. The van der Waals surface area contributed by atoms with Crippen LogP contribution in [0.5, 0.6) is 0 Å². The Morgan fingerprint density at radius 3 is 3.09 bits per heavy atom. The second kappa shape index (κ2) is 1.69. The second-order valence-electron chi connectivity index (χ2n) is 4.41. The van der Waals surface area contributed by atoms with E-state index in [1.165, 1.54) is 25.5 Å². The molecule has 2 heterocycles. The van der Waals surface area contributed by atoms with Crippen LogP contribution >= 0.6 is 0 Å². The van der Waals surface area contributed by atoms with Gasteiger partial charge in [0.2, 0.25) is 0 Å². The van der Waals surface area contributed by atoms with Gasteiger partial charge >= 0.3 is 0 Å². The zero-order valence-electron chi connectivity index (χ0n) is 6.55. The Balaban J connectivity index is 1.92. The number of fused-ring (bicyclic) bond motifs is 4. The molecule has 3 fully saturated rings. The van der Waals surface area contributed by atoms with Crippen molar-refractivity contribution in [2.45, 2.75) is 37.8 Å². The zero-order chi connectivity index (χ0) is 7.47. The molecule has 4 atom stereocenters. The lowest BCUT2D eigenvalue weighted by atomic mass is 9.93. The van der Waals surface area contributed by atoms with Crippen molar-refractivity contribution in [1.82, 2.24) is 5.32 Å². The standard InChI is InChI=1S/C9H13NO/c11-5-9-3-6-1-2-8(10-6)7(9)4-9/h5-8,10H,1-4H2/t6-,7+,8+,9+/m1/s1. The van der Waals surface area contributed by atoms with Gasteiger partial charge in [-0.1, -0.05) is 0 Å². The molecule has 60 valence electrons. The SMILES string of the molecule is O=C[C@@]12C[C@H]3CC[C@H](N3)[C@@H]1C2. The fraction of sp³-hybridized carbons (Fsp3) is 0.889.